The summed E-state index contributed by atoms with van der Waals surface area (Å²) in [5.74, 6) is 0.789. The molecule has 0 fully saturated rings. The number of pyridine rings is 1. The van der Waals surface area contributed by atoms with E-state index in [1.54, 1.807) is 35.9 Å². The molecule has 3 aromatic heterocycles. The van der Waals surface area contributed by atoms with Crippen molar-refractivity contribution in [3.63, 3.8) is 0 Å². The van der Waals surface area contributed by atoms with Gasteiger partial charge in [-0.1, -0.05) is 6.07 Å². The SMILES string of the molecule is CN=C(NCCc1ccc(-c2csc(C)n2)s1)NCc1ccccn1.I. The first-order valence-electron chi connectivity index (χ1n) is 8.10. The number of halogens is 1. The zero-order chi connectivity index (χ0) is 17.5. The van der Waals surface area contributed by atoms with Crippen LogP contribution in [0.1, 0.15) is 15.6 Å². The standard InChI is InChI=1S/C18H21N5S2.HI/c1-13-23-16(12-24-13)17-7-6-15(25-17)8-10-21-18(19-2)22-11-14-5-3-4-9-20-14;/h3-7,9,12H,8,10-11H2,1-2H3,(H2,19,21,22);1H. The first-order chi connectivity index (χ1) is 12.2. The quantitative estimate of drug-likeness (QED) is 0.305. The predicted molar refractivity (Wildman–Crippen MR) is 122 cm³/mol. The minimum absolute atomic E-state index is 0. The molecule has 0 spiro atoms. The monoisotopic (exact) mass is 499 g/mol. The van der Waals surface area contributed by atoms with Crippen molar-refractivity contribution in [1.29, 1.82) is 0 Å². The summed E-state index contributed by atoms with van der Waals surface area (Å²) in [5.41, 5.74) is 2.08. The summed E-state index contributed by atoms with van der Waals surface area (Å²) >= 11 is 3.49. The van der Waals surface area contributed by atoms with Gasteiger partial charge in [-0.2, -0.15) is 0 Å². The molecule has 0 bridgehead atoms. The molecular weight excluding hydrogens is 477 g/mol. The Hall–Kier alpha value is -1.52. The highest BCUT2D eigenvalue weighted by atomic mass is 127. The second-order valence-electron chi connectivity index (χ2n) is 5.44. The molecule has 0 atom stereocenters. The van der Waals surface area contributed by atoms with E-state index in [-0.39, 0.29) is 24.0 Å². The number of nitrogens with zero attached hydrogens (tertiary/aromatic N) is 3. The number of nitrogens with one attached hydrogen (secondary N) is 2. The summed E-state index contributed by atoms with van der Waals surface area (Å²) in [5, 5.41) is 9.85. The van der Waals surface area contributed by atoms with Crippen LogP contribution < -0.4 is 10.6 Å². The van der Waals surface area contributed by atoms with E-state index in [4.69, 9.17) is 0 Å². The van der Waals surface area contributed by atoms with Gasteiger partial charge in [-0.3, -0.25) is 9.98 Å². The average molecular weight is 499 g/mol. The molecule has 0 radical (unpaired) electrons. The highest BCUT2D eigenvalue weighted by molar-refractivity contribution is 14.0. The lowest BCUT2D eigenvalue weighted by Gasteiger charge is -2.11. The van der Waals surface area contributed by atoms with Gasteiger partial charge in [-0.25, -0.2) is 4.98 Å². The van der Waals surface area contributed by atoms with Gasteiger partial charge in [0.05, 0.1) is 27.8 Å². The number of thiophene rings is 1. The Balaban J connectivity index is 0.00000243. The van der Waals surface area contributed by atoms with Crippen LogP contribution in [0, 0.1) is 6.92 Å². The third-order valence-corrected chi connectivity index (χ3v) is 5.52. The van der Waals surface area contributed by atoms with Crippen LogP contribution >= 0.6 is 46.7 Å². The van der Waals surface area contributed by atoms with Gasteiger partial charge in [-0.05, 0) is 37.6 Å². The van der Waals surface area contributed by atoms with Crippen LogP contribution in [-0.4, -0.2) is 29.5 Å². The lowest BCUT2D eigenvalue weighted by molar-refractivity contribution is 0.787. The first kappa shape index (κ1) is 20.8. The second-order valence-corrected chi connectivity index (χ2v) is 7.67. The van der Waals surface area contributed by atoms with Gasteiger partial charge in [0.15, 0.2) is 5.96 Å². The fourth-order valence-electron chi connectivity index (χ4n) is 2.33. The van der Waals surface area contributed by atoms with E-state index in [0.717, 1.165) is 35.3 Å². The lowest BCUT2D eigenvalue weighted by atomic mass is 10.3. The molecular formula is C18H22IN5S2. The smallest absolute Gasteiger partial charge is 0.191 e. The molecule has 0 aliphatic carbocycles. The van der Waals surface area contributed by atoms with Crippen molar-refractivity contribution < 1.29 is 0 Å². The van der Waals surface area contributed by atoms with Crippen LogP contribution in [0.15, 0.2) is 46.9 Å². The number of guanidine groups is 1. The number of hydrogen-bond acceptors (Lipinski definition) is 5. The number of aromatic nitrogens is 2. The maximum Gasteiger partial charge on any atom is 0.191 e. The van der Waals surface area contributed by atoms with E-state index < -0.39 is 0 Å². The maximum absolute atomic E-state index is 4.55. The van der Waals surface area contributed by atoms with E-state index in [1.165, 1.54) is 9.75 Å². The third-order valence-electron chi connectivity index (χ3n) is 3.58. The molecule has 26 heavy (non-hydrogen) atoms. The van der Waals surface area contributed by atoms with Crippen molar-refractivity contribution in [3.8, 4) is 10.6 Å². The number of aryl methyl sites for hydroxylation is 1. The van der Waals surface area contributed by atoms with Crippen molar-refractivity contribution in [2.75, 3.05) is 13.6 Å². The fraction of sp³-hybridized carbons (Fsp3) is 0.278. The molecule has 3 aromatic rings. The maximum atomic E-state index is 4.55. The lowest BCUT2D eigenvalue weighted by Crippen LogP contribution is -2.37. The topological polar surface area (TPSA) is 62.2 Å². The summed E-state index contributed by atoms with van der Waals surface area (Å²) in [6, 6.07) is 10.2. The van der Waals surface area contributed by atoms with Crippen molar-refractivity contribution in [1.82, 2.24) is 20.6 Å². The zero-order valence-electron chi connectivity index (χ0n) is 14.7. The number of hydrogen-bond donors (Lipinski definition) is 2. The van der Waals surface area contributed by atoms with Gasteiger partial charge in [-0.15, -0.1) is 46.7 Å². The second kappa shape index (κ2) is 10.6. The van der Waals surface area contributed by atoms with E-state index in [9.17, 15) is 0 Å². The number of rotatable bonds is 6. The molecule has 0 saturated heterocycles. The van der Waals surface area contributed by atoms with Crippen molar-refractivity contribution in [2.24, 2.45) is 4.99 Å². The Morgan fingerprint density at radius 3 is 2.77 bits per heavy atom. The van der Waals surface area contributed by atoms with Gasteiger partial charge in [0.2, 0.25) is 0 Å². The molecule has 8 heteroatoms. The van der Waals surface area contributed by atoms with Crippen molar-refractivity contribution in [3.05, 3.63) is 57.5 Å². The molecule has 0 amide bonds. The molecule has 3 rings (SSSR count). The van der Waals surface area contributed by atoms with Crippen LogP contribution in [0.5, 0.6) is 0 Å². The minimum atomic E-state index is 0. The normalized spacial score (nSPS) is 11.1. The van der Waals surface area contributed by atoms with Crippen LogP contribution in [0.2, 0.25) is 0 Å². The Kier molecular flexibility index (Phi) is 8.46. The summed E-state index contributed by atoms with van der Waals surface area (Å²) in [4.78, 5) is 15.7. The Bertz CT molecular complexity index is 829. The summed E-state index contributed by atoms with van der Waals surface area (Å²) in [6.07, 6.45) is 2.75. The van der Waals surface area contributed by atoms with Crippen LogP contribution in [0.3, 0.4) is 0 Å². The average Bonchev–Trinajstić information content (AvgIpc) is 3.27. The third kappa shape index (κ3) is 6.03. The zero-order valence-corrected chi connectivity index (χ0v) is 18.7. The number of aliphatic imine (C=N–C) groups is 1. The molecule has 0 aliphatic rings. The van der Waals surface area contributed by atoms with Crippen LogP contribution in [-0.2, 0) is 13.0 Å². The fourth-order valence-corrected chi connectivity index (χ4v) is 3.98. The Labute approximate surface area is 179 Å². The first-order valence-corrected chi connectivity index (χ1v) is 9.80. The van der Waals surface area contributed by atoms with Crippen molar-refractivity contribution >= 4 is 52.6 Å². The van der Waals surface area contributed by atoms with Gasteiger partial charge >= 0.3 is 0 Å². The molecule has 0 unspecified atom stereocenters. The minimum Gasteiger partial charge on any atom is -0.356 e. The predicted octanol–water partition coefficient (Wildman–Crippen LogP) is 4.10. The van der Waals surface area contributed by atoms with Crippen molar-refractivity contribution in [2.45, 2.75) is 19.9 Å². The van der Waals surface area contributed by atoms with Gasteiger partial charge in [0.25, 0.3) is 0 Å². The van der Waals surface area contributed by atoms with E-state index in [0.29, 0.717) is 6.54 Å². The van der Waals surface area contributed by atoms with Gasteiger partial charge in [0.1, 0.15) is 0 Å². The summed E-state index contributed by atoms with van der Waals surface area (Å²) < 4.78 is 0. The van der Waals surface area contributed by atoms with Crippen LogP contribution in [0.4, 0.5) is 0 Å². The Morgan fingerprint density at radius 1 is 1.19 bits per heavy atom. The Morgan fingerprint density at radius 2 is 2.08 bits per heavy atom. The van der Waals surface area contributed by atoms with E-state index >= 15 is 0 Å². The van der Waals surface area contributed by atoms with E-state index in [2.05, 4.69) is 43.1 Å². The highest BCUT2D eigenvalue weighted by Gasteiger charge is 2.06. The molecule has 0 aromatic carbocycles. The summed E-state index contributed by atoms with van der Waals surface area (Å²) in [7, 11) is 1.78. The van der Waals surface area contributed by atoms with E-state index in [1.807, 2.05) is 25.1 Å². The molecule has 5 nitrogen and oxygen atoms in total. The van der Waals surface area contributed by atoms with Crippen LogP contribution in [0.25, 0.3) is 10.6 Å². The molecule has 138 valence electrons. The molecule has 3 heterocycles. The van der Waals surface area contributed by atoms with Gasteiger partial charge in [0, 0.05) is 30.0 Å². The summed E-state index contributed by atoms with van der Waals surface area (Å²) in [6.45, 7) is 3.53. The molecule has 0 saturated carbocycles. The largest absolute Gasteiger partial charge is 0.356 e. The molecule has 0 aliphatic heterocycles. The van der Waals surface area contributed by atoms with Gasteiger partial charge < -0.3 is 10.6 Å². The molecule has 2 N–H and O–H groups in total. The highest BCUT2D eigenvalue weighted by Crippen LogP contribution is 2.29. The number of thiazole rings is 1.